The van der Waals surface area contributed by atoms with Crippen molar-refractivity contribution in [1.29, 1.82) is 0 Å². The number of aromatic nitrogens is 1. The molecule has 1 aliphatic rings. The van der Waals surface area contributed by atoms with Crippen molar-refractivity contribution >= 4 is 22.1 Å². The molecule has 5 rings (SSSR count). The van der Waals surface area contributed by atoms with Gasteiger partial charge >= 0.3 is 6.61 Å². The van der Waals surface area contributed by atoms with E-state index in [1.807, 2.05) is 47.4 Å². The third-order valence-electron chi connectivity index (χ3n) is 6.09. The van der Waals surface area contributed by atoms with Crippen LogP contribution >= 0.6 is 0 Å². The fourth-order valence-corrected chi connectivity index (χ4v) is 4.46. The summed E-state index contributed by atoms with van der Waals surface area (Å²) in [4.78, 5) is 16.8. The lowest BCUT2D eigenvalue weighted by atomic mass is 10.0. The smallest absolute Gasteiger partial charge is 0.387 e. The minimum atomic E-state index is -2.89. The number of hydrogen-bond donors (Lipinski definition) is 3. The molecule has 174 valence electrons. The van der Waals surface area contributed by atoms with Crippen molar-refractivity contribution in [2.24, 2.45) is 0 Å². The Kier molecular flexibility index (Phi) is 5.90. The molecule has 2 unspecified atom stereocenters. The van der Waals surface area contributed by atoms with Crippen LogP contribution in [-0.4, -0.2) is 35.5 Å². The summed E-state index contributed by atoms with van der Waals surface area (Å²) in [7, 11) is 0. The van der Waals surface area contributed by atoms with Crippen LogP contribution in [0.25, 0.3) is 21.9 Å². The Balaban J connectivity index is 1.32. The highest BCUT2D eigenvalue weighted by molar-refractivity contribution is 5.95. The van der Waals surface area contributed by atoms with Crippen molar-refractivity contribution in [1.82, 2.24) is 4.98 Å². The van der Waals surface area contributed by atoms with Gasteiger partial charge in [0.05, 0.1) is 6.04 Å². The molecule has 6 nitrogen and oxygen atoms in total. The number of anilines is 2. The van der Waals surface area contributed by atoms with Gasteiger partial charge in [0.15, 0.2) is 0 Å². The standard InChI is InChI=1S/C26H23F2N3O3/c27-26(28)34-19-5-3-4-17(14-19)30-23-12-13-31(25(23)33)18-10-8-16(9-11-18)22-15-29-24(32)21-7-2-1-6-20(21)22/h1-11,14-15,23,25-26,30,33H,12-13H2,(H,29,32). The molecule has 4 aromatic rings. The summed E-state index contributed by atoms with van der Waals surface area (Å²) >= 11 is 0. The first-order valence-electron chi connectivity index (χ1n) is 11.0. The van der Waals surface area contributed by atoms with Gasteiger partial charge in [-0.1, -0.05) is 36.4 Å². The maximum absolute atomic E-state index is 12.5. The number of halogens is 2. The van der Waals surface area contributed by atoms with E-state index in [0.717, 1.165) is 22.2 Å². The minimum absolute atomic E-state index is 0.0645. The van der Waals surface area contributed by atoms with Gasteiger partial charge in [0.1, 0.15) is 12.0 Å². The maximum Gasteiger partial charge on any atom is 0.387 e. The van der Waals surface area contributed by atoms with Crippen LogP contribution in [0, 0.1) is 0 Å². The van der Waals surface area contributed by atoms with Gasteiger partial charge in [-0.3, -0.25) is 4.79 Å². The van der Waals surface area contributed by atoms with E-state index in [-0.39, 0.29) is 17.4 Å². The van der Waals surface area contributed by atoms with Crippen LogP contribution in [0.15, 0.2) is 83.8 Å². The highest BCUT2D eigenvalue weighted by Crippen LogP contribution is 2.31. The summed E-state index contributed by atoms with van der Waals surface area (Å²) in [6.07, 6.45) is 1.60. The van der Waals surface area contributed by atoms with Gasteiger partial charge in [-0.05, 0) is 47.7 Å². The Morgan fingerprint density at radius 1 is 1.03 bits per heavy atom. The SMILES string of the molecule is O=c1[nH]cc(-c2ccc(N3CCC(Nc4cccc(OC(F)F)c4)C3O)cc2)c2ccccc12. The van der Waals surface area contributed by atoms with E-state index in [1.165, 1.54) is 12.1 Å². The molecule has 3 N–H and O–H groups in total. The van der Waals surface area contributed by atoms with Gasteiger partial charge in [0.2, 0.25) is 0 Å². The molecule has 1 aliphatic heterocycles. The normalized spacial score (nSPS) is 17.9. The number of nitrogens with zero attached hydrogens (tertiary/aromatic N) is 1. The summed E-state index contributed by atoms with van der Waals surface area (Å²) in [6, 6.07) is 21.3. The van der Waals surface area contributed by atoms with Gasteiger partial charge in [-0.15, -0.1) is 0 Å². The Hall–Kier alpha value is -3.91. The fourth-order valence-electron chi connectivity index (χ4n) is 4.46. The molecule has 8 heteroatoms. The van der Waals surface area contributed by atoms with E-state index in [4.69, 9.17) is 0 Å². The first kappa shape index (κ1) is 21.9. The van der Waals surface area contributed by atoms with E-state index < -0.39 is 12.8 Å². The second-order valence-corrected chi connectivity index (χ2v) is 8.18. The van der Waals surface area contributed by atoms with Crippen LogP contribution in [0.2, 0.25) is 0 Å². The van der Waals surface area contributed by atoms with Gasteiger partial charge in [0, 0.05) is 41.1 Å². The van der Waals surface area contributed by atoms with Crippen molar-refractivity contribution in [2.45, 2.75) is 25.3 Å². The van der Waals surface area contributed by atoms with E-state index in [2.05, 4.69) is 15.0 Å². The third kappa shape index (κ3) is 4.32. The zero-order chi connectivity index (χ0) is 23.7. The molecule has 0 radical (unpaired) electrons. The molecule has 0 aliphatic carbocycles. The van der Waals surface area contributed by atoms with Gasteiger partial charge in [-0.2, -0.15) is 8.78 Å². The first-order chi connectivity index (χ1) is 16.5. The number of rotatable bonds is 6. The third-order valence-corrected chi connectivity index (χ3v) is 6.09. The molecule has 0 bridgehead atoms. The number of fused-ring (bicyclic) bond motifs is 1. The molecule has 1 saturated heterocycles. The van der Waals surface area contributed by atoms with Crippen LogP contribution < -0.4 is 20.5 Å². The van der Waals surface area contributed by atoms with Crippen LogP contribution in [0.1, 0.15) is 6.42 Å². The summed E-state index contributed by atoms with van der Waals surface area (Å²) in [5, 5.41) is 15.6. The largest absolute Gasteiger partial charge is 0.435 e. The summed E-state index contributed by atoms with van der Waals surface area (Å²) < 4.78 is 29.4. The topological polar surface area (TPSA) is 77.6 Å². The molecule has 34 heavy (non-hydrogen) atoms. The van der Waals surface area contributed by atoms with Crippen LogP contribution in [0.5, 0.6) is 5.75 Å². The number of benzene rings is 3. The molecule has 3 aromatic carbocycles. The molecular formula is C26H23F2N3O3. The zero-order valence-electron chi connectivity index (χ0n) is 18.1. The van der Waals surface area contributed by atoms with Crippen molar-refractivity contribution in [3.05, 3.63) is 89.3 Å². The second kappa shape index (κ2) is 9.15. The Labute approximate surface area is 194 Å². The predicted molar refractivity (Wildman–Crippen MR) is 128 cm³/mol. The van der Waals surface area contributed by atoms with Crippen LogP contribution in [0.3, 0.4) is 0 Å². The Morgan fingerprint density at radius 3 is 2.56 bits per heavy atom. The summed E-state index contributed by atoms with van der Waals surface area (Å²) in [5.74, 6) is 0.0645. The first-order valence-corrected chi connectivity index (χ1v) is 11.0. The molecule has 0 spiro atoms. The number of aliphatic hydroxyl groups is 1. The lowest BCUT2D eigenvalue weighted by Gasteiger charge is -2.26. The van der Waals surface area contributed by atoms with Gasteiger partial charge < -0.3 is 25.0 Å². The number of nitrogens with one attached hydrogen (secondary N) is 2. The molecule has 2 heterocycles. The monoisotopic (exact) mass is 463 g/mol. The van der Waals surface area contributed by atoms with Crippen molar-refractivity contribution < 1.29 is 18.6 Å². The highest BCUT2D eigenvalue weighted by atomic mass is 19.3. The predicted octanol–water partition coefficient (Wildman–Crippen LogP) is 4.81. The Morgan fingerprint density at radius 2 is 1.79 bits per heavy atom. The number of H-pyrrole nitrogens is 1. The zero-order valence-corrected chi connectivity index (χ0v) is 18.1. The number of aliphatic hydroxyl groups excluding tert-OH is 1. The molecule has 0 saturated carbocycles. The second-order valence-electron chi connectivity index (χ2n) is 8.18. The lowest BCUT2D eigenvalue weighted by molar-refractivity contribution is -0.0498. The minimum Gasteiger partial charge on any atom is -0.435 e. The number of ether oxygens (including phenoxy) is 1. The average molecular weight is 463 g/mol. The lowest BCUT2D eigenvalue weighted by Crippen LogP contribution is -2.38. The van der Waals surface area contributed by atoms with Gasteiger partial charge in [-0.25, -0.2) is 0 Å². The van der Waals surface area contributed by atoms with Crippen LogP contribution in [-0.2, 0) is 0 Å². The van der Waals surface area contributed by atoms with E-state index in [9.17, 15) is 18.7 Å². The highest BCUT2D eigenvalue weighted by Gasteiger charge is 2.32. The molecule has 1 aromatic heterocycles. The van der Waals surface area contributed by atoms with E-state index in [0.29, 0.717) is 24.0 Å². The molecular weight excluding hydrogens is 440 g/mol. The van der Waals surface area contributed by atoms with Crippen molar-refractivity contribution in [3.8, 4) is 16.9 Å². The number of alkyl halides is 2. The number of pyridine rings is 1. The number of aromatic amines is 1. The summed E-state index contributed by atoms with van der Waals surface area (Å²) in [5.41, 5.74) is 3.22. The van der Waals surface area contributed by atoms with Crippen LogP contribution in [0.4, 0.5) is 20.2 Å². The van der Waals surface area contributed by atoms with E-state index >= 15 is 0 Å². The van der Waals surface area contributed by atoms with Gasteiger partial charge in [0.25, 0.3) is 5.56 Å². The quantitative estimate of drug-likeness (QED) is 0.383. The summed E-state index contributed by atoms with van der Waals surface area (Å²) in [6.45, 7) is -2.26. The molecule has 2 atom stereocenters. The fraction of sp³-hybridized carbons (Fsp3) is 0.192. The Bertz CT molecular complexity index is 1360. The van der Waals surface area contributed by atoms with Crippen molar-refractivity contribution in [2.75, 3.05) is 16.8 Å². The molecule has 0 amide bonds. The average Bonchev–Trinajstić information content (AvgIpc) is 3.19. The van der Waals surface area contributed by atoms with Crippen molar-refractivity contribution in [3.63, 3.8) is 0 Å². The van der Waals surface area contributed by atoms with E-state index in [1.54, 1.807) is 24.4 Å². The maximum atomic E-state index is 12.5. The molecule has 1 fully saturated rings. The number of hydrogen-bond acceptors (Lipinski definition) is 5.